The molecule has 2 aromatic rings. The van der Waals surface area contributed by atoms with Crippen LogP contribution >= 0.6 is 27.5 Å². The molecule has 18 heavy (non-hydrogen) atoms. The van der Waals surface area contributed by atoms with Crippen LogP contribution in [0.4, 0.5) is 4.39 Å². The molecule has 0 spiro atoms. The molecule has 0 nitrogen and oxygen atoms in total. The van der Waals surface area contributed by atoms with Gasteiger partial charge in [-0.3, -0.25) is 0 Å². The van der Waals surface area contributed by atoms with Crippen molar-refractivity contribution in [2.45, 2.75) is 19.8 Å². The minimum Gasteiger partial charge on any atom is -0.207 e. The first-order valence-corrected chi connectivity index (χ1v) is 6.91. The smallest absolute Gasteiger partial charge is 0.125 e. The minimum absolute atomic E-state index is 0.295. The molecular weight excluding hydrogens is 315 g/mol. The molecule has 0 radical (unpaired) electrons. The first kappa shape index (κ1) is 13.6. The van der Waals surface area contributed by atoms with Crippen LogP contribution in [-0.4, -0.2) is 0 Å². The Bertz CT molecular complexity index is 579. The summed E-state index contributed by atoms with van der Waals surface area (Å²) < 4.78 is 14.0. The summed E-state index contributed by atoms with van der Waals surface area (Å²) in [5.41, 5.74) is 2.86. The topological polar surface area (TPSA) is 0 Å². The second-order valence-corrected chi connectivity index (χ2v) is 5.76. The largest absolute Gasteiger partial charge is 0.207 e. The summed E-state index contributed by atoms with van der Waals surface area (Å²) >= 11 is 9.49. The van der Waals surface area contributed by atoms with Crippen LogP contribution in [0.1, 0.15) is 25.3 Å². The van der Waals surface area contributed by atoms with Crippen LogP contribution in [0.5, 0.6) is 0 Å². The van der Waals surface area contributed by atoms with E-state index in [4.69, 9.17) is 11.6 Å². The van der Waals surface area contributed by atoms with Crippen molar-refractivity contribution < 1.29 is 4.39 Å². The van der Waals surface area contributed by atoms with Gasteiger partial charge in [-0.05, 0) is 45.1 Å². The SMILES string of the molecule is CC(C)c1cccc(-c2cc(F)cc(Br)c2Cl)c1. The lowest BCUT2D eigenvalue weighted by Gasteiger charge is -2.10. The maximum atomic E-state index is 13.5. The molecule has 2 rings (SSSR count). The summed E-state index contributed by atoms with van der Waals surface area (Å²) in [6, 6.07) is 10.9. The van der Waals surface area contributed by atoms with Crippen molar-refractivity contribution in [3.8, 4) is 11.1 Å². The number of benzene rings is 2. The van der Waals surface area contributed by atoms with Gasteiger partial charge >= 0.3 is 0 Å². The highest BCUT2D eigenvalue weighted by Crippen LogP contribution is 2.35. The molecule has 0 heterocycles. The molecule has 94 valence electrons. The zero-order chi connectivity index (χ0) is 13.3. The number of rotatable bonds is 2. The monoisotopic (exact) mass is 326 g/mol. The van der Waals surface area contributed by atoms with Crippen LogP contribution in [0.3, 0.4) is 0 Å². The van der Waals surface area contributed by atoms with Crippen molar-refractivity contribution in [3.63, 3.8) is 0 Å². The quantitative estimate of drug-likeness (QED) is 0.591. The Kier molecular flexibility index (Phi) is 4.08. The number of hydrogen-bond donors (Lipinski definition) is 0. The van der Waals surface area contributed by atoms with Crippen LogP contribution in [-0.2, 0) is 0 Å². The average molecular weight is 328 g/mol. The average Bonchev–Trinajstić information content (AvgIpc) is 2.34. The van der Waals surface area contributed by atoms with Crippen LogP contribution in [0, 0.1) is 5.82 Å². The molecule has 0 aliphatic heterocycles. The lowest BCUT2D eigenvalue weighted by molar-refractivity contribution is 0.627. The van der Waals surface area contributed by atoms with E-state index in [0.717, 1.165) is 5.56 Å². The van der Waals surface area contributed by atoms with E-state index < -0.39 is 0 Å². The summed E-state index contributed by atoms with van der Waals surface area (Å²) in [6.07, 6.45) is 0. The van der Waals surface area contributed by atoms with E-state index in [0.29, 0.717) is 21.0 Å². The Labute approximate surface area is 120 Å². The third-order valence-corrected chi connectivity index (χ3v) is 4.12. The lowest BCUT2D eigenvalue weighted by atomic mass is 9.97. The van der Waals surface area contributed by atoms with Crippen molar-refractivity contribution in [1.82, 2.24) is 0 Å². The number of hydrogen-bond acceptors (Lipinski definition) is 0. The molecular formula is C15H13BrClF. The maximum Gasteiger partial charge on any atom is 0.125 e. The molecule has 0 saturated carbocycles. The summed E-state index contributed by atoms with van der Waals surface area (Å²) in [4.78, 5) is 0. The normalized spacial score (nSPS) is 11.0. The molecule has 2 aromatic carbocycles. The van der Waals surface area contributed by atoms with E-state index in [1.807, 2.05) is 12.1 Å². The highest BCUT2D eigenvalue weighted by atomic mass is 79.9. The first-order valence-electron chi connectivity index (χ1n) is 5.74. The van der Waals surface area contributed by atoms with Gasteiger partial charge in [-0.1, -0.05) is 49.7 Å². The van der Waals surface area contributed by atoms with Crippen molar-refractivity contribution in [2.75, 3.05) is 0 Å². The molecule has 0 N–H and O–H groups in total. The first-order chi connectivity index (χ1) is 8.49. The fourth-order valence-corrected chi connectivity index (χ4v) is 2.48. The predicted molar refractivity (Wildman–Crippen MR) is 78.6 cm³/mol. The Morgan fingerprint density at radius 2 is 1.89 bits per heavy atom. The van der Waals surface area contributed by atoms with Gasteiger partial charge in [-0.15, -0.1) is 0 Å². The van der Waals surface area contributed by atoms with Gasteiger partial charge in [-0.25, -0.2) is 4.39 Å². The Hall–Kier alpha value is -0.860. The van der Waals surface area contributed by atoms with Crippen molar-refractivity contribution in [3.05, 3.63) is 57.3 Å². The predicted octanol–water partition coefficient (Wildman–Crippen LogP) is 6.03. The van der Waals surface area contributed by atoms with E-state index in [-0.39, 0.29) is 5.82 Å². The van der Waals surface area contributed by atoms with Crippen molar-refractivity contribution in [2.24, 2.45) is 0 Å². The molecule has 0 bridgehead atoms. The molecule has 0 atom stereocenters. The van der Waals surface area contributed by atoms with Gasteiger partial charge in [0.15, 0.2) is 0 Å². The summed E-state index contributed by atoms with van der Waals surface area (Å²) in [5.74, 6) is 0.136. The van der Waals surface area contributed by atoms with E-state index >= 15 is 0 Å². The molecule has 3 heteroatoms. The third-order valence-electron chi connectivity index (χ3n) is 2.86. The summed E-state index contributed by atoms with van der Waals surface area (Å²) in [5, 5.41) is 0.539. The van der Waals surface area contributed by atoms with Gasteiger partial charge in [0.1, 0.15) is 5.82 Å². The van der Waals surface area contributed by atoms with Gasteiger partial charge in [-0.2, -0.15) is 0 Å². The molecule has 0 saturated heterocycles. The molecule has 0 unspecified atom stereocenters. The van der Waals surface area contributed by atoms with Gasteiger partial charge < -0.3 is 0 Å². The second-order valence-electron chi connectivity index (χ2n) is 4.53. The van der Waals surface area contributed by atoms with Crippen molar-refractivity contribution in [1.29, 1.82) is 0 Å². The zero-order valence-electron chi connectivity index (χ0n) is 10.2. The van der Waals surface area contributed by atoms with Crippen LogP contribution in [0.2, 0.25) is 5.02 Å². The van der Waals surface area contributed by atoms with Crippen LogP contribution < -0.4 is 0 Å². The molecule has 0 amide bonds. The molecule has 0 aliphatic rings. The van der Waals surface area contributed by atoms with E-state index in [1.54, 1.807) is 0 Å². The van der Waals surface area contributed by atoms with Gasteiger partial charge in [0.25, 0.3) is 0 Å². The van der Waals surface area contributed by atoms with Crippen molar-refractivity contribution >= 4 is 27.5 Å². The third kappa shape index (κ3) is 2.76. The highest BCUT2D eigenvalue weighted by molar-refractivity contribution is 9.10. The molecule has 0 aliphatic carbocycles. The maximum absolute atomic E-state index is 13.5. The fourth-order valence-electron chi connectivity index (χ4n) is 1.83. The lowest BCUT2D eigenvalue weighted by Crippen LogP contribution is -1.89. The van der Waals surface area contributed by atoms with E-state index in [9.17, 15) is 4.39 Å². The van der Waals surface area contributed by atoms with Crippen LogP contribution in [0.15, 0.2) is 40.9 Å². The highest BCUT2D eigenvalue weighted by Gasteiger charge is 2.10. The summed E-state index contributed by atoms with van der Waals surface area (Å²) in [7, 11) is 0. The van der Waals surface area contributed by atoms with E-state index in [2.05, 4.69) is 41.9 Å². The van der Waals surface area contributed by atoms with Crippen LogP contribution in [0.25, 0.3) is 11.1 Å². The minimum atomic E-state index is -0.295. The zero-order valence-corrected chi connectivity index (χ0v) is 12.5. The van der Waals surface area contributed by atoms with E-state index in [1.165, 1.54) is 17.7 Å². The van der Waals surface area contributed by atoms with Gasteiger partial charge in [0, 0.05) is 10.0 Å². The standard InChI is InChI=1S/C15H13BrClF/c1-9(2)10-4-3-5-11(6-10)13-7-12(18)8-14(16)15(13)17/h3-9H,1-2H3. The fraction of sp³-hybridized carbons (Fsp3) is 0.200. The molecule has 0 aromatic heterocycles. The van der Waals surface area contributed by atoms with Gasteiger partial charge in [0.05, 0.1) is 5.02 Å². The Balaban J connectivity index is 2.58. The Morgan fingerprint density at radius 1 is 1.17 bits per heavy atom. The van der Waals surface area contributed by atoms with Gasteiger partial charge in [0.2, 0.25) is 0 Å². The number of halogens is 3. The molecule has 0 fully saturated rings. The second kappa shape index (κ2) is 5.41. The summed E-state index contributed by atoms with van der Waals surface area (Å²) in [6.45, 7) is 4.25. The Morgan fingerprint density at radius 3 is 2.56 bits per heavy atom.